The quantitative estimate of drug-likeness (QED) is 0.627. The Bertz CT molecular complexity index is 432. The predicted octanol–water partition coefficient (Wildman–Crippen LogP) is 3.32. The van der Waals surface area contributed by atoms with Gasteiger partial charge in [-0.15, -0.1) is 0 Å². The van der Waals surface area contributed by atoms with Crippen LogP contribution in [0.25, 0.3) is 10.8 Å². The van der Waals surface area contributed by atoms with Gasteiger partial charge in [-0.2, -0.15) is 0 Å². The van der Waals surface area contributed by atoms with Gasteiger partial charge in [-0.25, -0.2) is 0 Å². The molecule has 1 nitrogen and oxygen atoms in total. The van der Waals surface area contributed by atoms with Crippen LogP contribution in [0.15, 0.2) is 36.4 Å². The second-order valence-electron chi connectivity index (χ2n) is 3.22. The second kappa shape index (κ2) is 3.09. The van der Waals surface area contributed by atoms with Crippen LogP contribution in [0.1, 0.15) is 12.5 Å². The summed E-state index contributed by atoms with van der Waals surface area (Å²) in [4.78, 5) is 0. The van der Waals surface area contributed by atoms with Gasteiger partial charge in [-0.05, 0) is 23.4 Å². The van der Waals surface area contributed by atoms with Crippen molar-refractivity contribution in [2.75, 3.05) is 0 Å². The minimum atomic E-state index is 0.634. The van der Waals surface area contributed by atoms with Crippen LogP contribution in [-0.4, -0.2) is 0 Å². The summed E-state index contributed by atoms with van der Waals surface area (Å²) < 4.78 is 0. The van der Waals surface area contributed by atoms with Crippen molar-refractivity contribution >= 4 is 16.5 Å². The lowest BCUT2D eigenvalue weighted by molar-refractivity contribution is 1.14. The average molecular weight is 170 g/mol. The number of benzene rings is 2. The first kappa shape index (κ1) is 8.11. The van der Waals surface area contributed by atoms with Gasteiger partial charge >= 0.3 is 0 Å². The van der Waals surface area contributed by atoms with E-state index in [9.17, 15) is 0 Å². The number of hydrogen-bond acceptors (Lipinski definition) is 0. The minimum Gasteiger partial charge on any atom is -0.300 e. The van der Waals surface area contributed by atoms with Crippen LogP contribution >= 0.6 is 0 Å². The molecule has 0 amide bonds. The molecule has 0 aliphatic rings. The molecule has 0 fully saturated rings. The number of aryl methyl sites for hydroxylation is 1. The van der Waals surface area contributed by atoms with Crippen LogP contribution in [0, 0.1) is 0 Å². The van der Waals surface area contributed by atoms with Crippen LogP contribution in [0.2, 0.25) is 0 Å². The van der Waals surface area contributed by atoms with E-state index in [-0.39, 0.29) is 0 Å². The standard InChI is InChI=1S/C12H12N/c1-2-9-7-10-5-3-4-6-11(10)12(13)8-9/h3-8,13H,2H2,1H3. The van der Waals surface area contributed by atoms with E-state index in [4.69, 9.17) is 5.73 Å². The zero-order valence-electron chi connectivity index (χ0n) is 7.67. The van der Waals surface area contributed by atoms with Crippen molar-refractivity contribution in [1.29, 1.82) is 0 Å². The minimum absolute atomic E-state index is 0.634. The number of fused-ring (bicyclic) bond motifs is 1. The van der Waals surface area contributed by atoms with Gasteiger partial charge < -0.3 is 5.73 Å². The molecule has 0 bridgehead atoms. The van der Waals surface area contributed by atoms with Crippen LogP contribution in [0.3, 0.4) is 0 Å². The van der Waals surface area contributed by atoms with Gasteiger partial charge in [-0.1, -0.05) is 37.3 Å². The Morgan fingerprint density at radius 3 is 2.69 bits per heavy atom. The highest BCUT2D eigenvalue weighted by molar-refractivity contribution is 5.92. The van der Waals surface area contributed by atoms with Crippen molar-refractivity contribution in [2.45, 2.75) is 13.3 Å². The molecule has 0 saturated carbocycles. The lowest BCUT2D eigenvalue weighted by Gasteiger charge is -2.03. The Hall–Kier alpha value is -1.50. The summed E-state index contributed by atoms with van der Waals surface area (Å²) in [6.07, 6.45) is 0.997. The van der Waals surface area contributed by atoms with Crippen molar-refractivity contribution < 1.29 is 0 Å². The average Bonchev–Trinajstić information content (AvgIpc) is 2.18. The fourth-order valence-corrected chi connectivity index (χ4v) is 1.58. The normalized spacial score (nSPS) is 10.5. The predicted molar refractivity (Wildman–Crippen MR) is 56.1 cm³/mol. The smallest absolute Gasteiger partial charge is 0.0620 e. The van der Waals surface area contributed by atoms with E-state index >= 15 is 0 Å². The first-order valence-corrected chi connectivity index (χ1v) is 4.54. The molecule has 2 aromatic rings. The third kappa shape index (κ3) is 1.37. The van der Waals surface area contributed by atoms with E-state index in [0.29, 0.717) is 5.69 Å². The Balaban J connectivity index is 2.77. The molecule has 0 unspecified atom stereocenters. The zero-order chi connectivity index (χ0) is 9.26. The van der Waals surface area contributed by atoms with E-state index in [2.05, 4.69) is 19.1 Å². The molecule has 0 aliphatic carbocycles. The maximum atomic E-state index is 7.81. The van der Waals surface area contributed by atoms with Gasteiger partial charge in [0, 0.05) is 5.39 Å². The fraction of sp³-hybridized carbons (Fsp3) is 0.167. The zero-order valence-corrected chi connectivity index (χ0v) is 7.67. The molecule has 2 aromatic carbocycles. The molecule has 65 valence electrons. The number of nitrogens with one attached hydrogen (secondary N) is 1. The Morgan fingerprint density at radius 1 is 1.15 bits per heavy atom. The Kier molecular flexibility index (Phi) is 1.93. The molecule has 13 heavy (non-hydrogen) atoms. The van der Waals surface area contributed by atoms with Gasteiger partial charge in [0.25, 0.3) is 0 Å². The molecule has 0 atom stereocenters. The lowest BCUT2D eigenvalue weighted by atomic mass is 10.0. The highest BCUT2D eigenvalue weighted by Gasteiger charge is 1.99. The summed E-state index contributed by atoms with van der Waals surface area (Å²) in [6, 6.07) is 12.2. The largest absolute Gasteiger partial charge is 0.300 e. The number of hydrogen-bond donors (Lipinski definition) is 0. The highest BCUT2D eigenvalue weighted by Crippen LogP contribution is 2.23. The molecular weight excluding hydrogens is 158 g/mol. The summed E-state index contributed by atoms with van der Waals surface area (Å²) >= 11 is 0. The van der Waals surface area contributed by atoms with Crippen molar-refractivity contribution in [3.8, 4) is 0 Å². The van der Waals surface area contributed by atoms with Crippen LogP contribution in [-0.2, 0) is 6.42 Å². The molecule has 0 aromatic heterocycles. The van der Waals surface area contributed by atoms with Crippen molar-refractivity contribution in [3.05, 3.63) is 42.0 Å². The topological polar surface area (TPSA) is 23.8 Å². The molecule has 0 spiro atoms. The molecule has 0 aliphatic heterocycles. The summed E-state index contributed by atoms with van der Waals surface area (Å²) in [5.74, 6) is 0. The molecule has 1 heteroatoms. The van der Waals surface area contributed by atoms with Gasteiger partial charge in [0.1, 0.15) is 0 Å². The van der Waals surface area contributed by atoms with E-state index in [0.717, 1.165) is 11.8 Å². The Morgan fingerprint density at radius 2 is 1.92 bits per heavy atom. The van der Waals surface area contributed by atoms with Gasteiger partial charge in [-0.3, -0.25) is 0 Å². The molecule has 0 heterocycles. The third-order valence-electron chi connectivity index (χ3n) is 2.33. The van der Waals surface area contributed by atoms with E-state index in [1.807, 2.05) is 24.3 Å². The molecule has 0 saturated heterocycles. The summed E-state index contributed by atoms with van der Waals surface area (Å²) in [7, 11) is 0. The van der Waals surface area contributed by atoms with Crippen molar-refractivity contribution in [3.63, 3.8) is 0 Å². The SMILES string of the molecule is CCc1cc([NH])c2ccccc2c1. The summed E-state index contributed by atoms with van der Waals surface area (Å²) in [5, 5.41) is 2.21. The maximum Gasteiger partial charge on any atom is 0.0620 e. The van der Waals surface area contributed by atoms with E-state index in [1.165, 1.54) is 10.9 Å². The summed E-state index contributed by atoms with van der Waals surface area (Å²) in [6.45, 7) is 2.11. The number of rotatable bonds is 1. The molecule has 1 radical (unpaired) electrons. The molecule has 2 rings (SSSR count). The highest BCUT2D eigenvalue weighted by atomic mass is 14.5. The van der Waals surface area contributed by atoms with Crippen molar-refractivity contribution in [1.82, 2.24) is 5.73 Å². The van der Waals surface area contributed by atoms with E-state index in [1.54, 1.807) is 0 Å². The van der Waals surface area contributed by atoms with Crippen LogP contribution in [0.5, 0.6) is 0 Å². The van der Waals surface area contributed by atoms with Crippen molar-refractivity contribution in [2.24, 2.45) is 0 Å². The monoisotopic (exact) mass is 170 g/mol. The lowest BCUT2D eigenvalue weighted by Crippen LogP contribution is -1.82. The van der Waals surface area contributed by atoms with Gasteiger partial charge in [0.2, 0.25) is 0 Å². The maximum absolute atomic E-state index is 7.81. The molecular formula is C12H12N. The van der Waals surface area contributed by atoms with Crippen LogP contribution in [0.4, 0.5) is 5.69 Å². The third-order valence-corrected chi connectivity index (χ3v) is 2.33. The second-order valence-corrected chi connectivity index (χ2v) is 3.22. The summed E-state index contributed by atoms with van der Waals surface area (Å²) in [5.41, 5.74) is 9.68. The van der Waals surface area contributed by atoms with Crippen LogP contribution < -0.4 is 5.73 Å². The Labute approximate surface area is 78.2 Å². The first-order chi connectivity index (χ1) is 6.31. The van der Waals surface area contributed by atoms with Gasteiger partial charge in [0.05, 0.1) is 5.69 Å². The fourth-order valence-electron chi connectivity index (χ4n) is 1.58. The molecule has 1 N–H and O–H groups in total. The first-order valence-electron chi connectivity index (χ1n) is 4.54. The van der Waals surface area contributed by atoms with Gasteiger partial charge in [0.15, 0.2) is 0 Å². The van der Waals surface area contributed by atoms with E-state index < -0.39 is 0 Å².